The van der Waals surface area contributed by atoms with E-state index < -0.39 is 0 Å². The number of nitrogens with two attached hydrogens (primary N) is 1. The van der Waals surface area contributed by atoms with Gasteiger partial charge in [-0.2, -0.15) is 0 Å². The largest absolute Gasteiger partial charge is 0.489 e. The molecule has 0 heterocycles. The van der Waals surface area contributed by atoms with E-state index in [4.69, 9.17) is 22.1 Å². The van der Waals surface area contributed by atoms with Crippen LogP contribution < -0.4 is 10.5 Å². The van der Waals surface area contributed by atoms with E-state index in [0.717, 1.165) is 9.80 Å². The molecule has 0 aliphatic heterocycles. The molecule has 1 aromatic carbocycles. The summed E-state index contributed by atoms with van der Waals surface area (Å²) in [6, 6.07) is 3.41. The molecule has 0 saturated heterocycles. The van der Waals surface area contributed by atoms with Gasteiger partial charge in [0.15, 0.2) is 5.75 Å². The lowest BCUT2D eigenvalue weighted by molar-refractivity contribution is 0.345. The predicted molar refractivity (Wildman–Crippen MR) is 62.9 cm³/mol. The number of nitrogen functional groups attached to an aromatic ring is 1. The van der Waals surface area contributed by atoms with Gasteiger partial charge in [0.25, 0.3) is 0 Å². The van der Waals surface area contributed by atoms with E-state index in [-0.39, 0.29) is 0 Å². The van der Waals surface area contributed by atoms with Crippen molar-refractivity contribution in [3.8, 4) is 5.75 Å². The monoisotopic (exact) mass is 327 g/mol. The number of benzene rings is 1. The van der Waals surface area contributed by atoms with Gasteiger partial charge in [-0.3, -0.25) is 0 Å². The first-order chi connectivity index (χ1) is 6.15. The summed E-state index contributed by atoms with van der Waals surface area (Å²) in [6.07, 6.45) is 0. The van der Waals surface area contributed by atoms with Crippen molar-refractivity contribution in [1.82, 2.24) is 0 Å². The SMILES string of the molecule is Nc1cc(Cl)cc(Br)c1OCCBr. The highest BCUT2D eigenvalue weighted by Gasteiger charge is 2.06. The lowest BCUT2D eigenvalue weighted by atomic mass is 10.3. The maximum atomic E-state index is 5.78. The Morgan fingerprint density at radius 1 is 1.46 bits per heavy atom. The third-order valence-corrected chi connectivity index (χ3v) is 2.49. The smallest absolute Gasteiger partial charge is 0.156 e. The molecule has 0 atom stereocenters. The molecule has 0 saturated carbocycles. The minimum absolute atomic E-state index is 0.542. The summed E-state index contributed by atoms with van der Waals surface area (Å²) in [5, 5.41) is 1.36. The van der Waals surface area contributed by atoms with E-state index in [1.807, 2.05) is 0 Å². The summed E-state index contributed by atoms with van der Waals surface area (Å²) in [4.78, 5) is 0. The molecule has 0 fully saturated rings. The standard InChI is InChI=1S/C8H8Br2ClNO/c9-1-2-13-8-6(10)3-5(11)4-7(8)12/h3-4H,1-2,12H2. The zero-order chi connectivity index (χ0) is 9.84. The average Bonchev–Trinajstić information content (AvgIpc) is 2.02. The van der Waals surface area contributed by atoms with Crippen LogP contribution in [0.1, 0.15) is 0 Å². The van der Waals surface area contributed by atoms with Gasteiger partial charge in [-0.05, 0) is 28.1 Å². The molecule has 0 amide bonds. The van der Waals surface area contributed by atoms with Gasteiger partial charge in [0.1, 0.15) is 0 Å². The van der Waals surface area contributed by atoms with Crippen LogP contribution in [0.15, 0.2) is 16.6 Å². The second kappa shape index (κ2) is 5.08. The molecular weight excluding hydrogens is 321 g/mol. The molecule has 0 aliphatic carbocycles. The first kappa shape index (κ1) is 11.1. The highest BCUT2D eigenvalue weighted by molar-refractivity contribution is 9.10. The first-order valence-corrected chi connectivity index (χ1v) is 5.87. The van der Waals surface area contributed by atoms with Crippen LogP contribution >= 0.6 is 43.5 Å². The van der Waals surface area contributed by atoms with E-state index in [0.29, 0.717) is 23.1 Å². The molecule has 1 aromatic rings. The quantitative estimate of drug-likeness (QED) is 0.681. The summed E-state index contributed by atoms with van der Waals surface area (Å²) in [6.45, 7) is 0.574. The Hall–Kier alpha value is 0.0700. The first-order valence-electron chi connectivity index (χ1n) is 3.58. The van der Waals surface area contributed by atoms with Crippen molar-refractivity contribution in [2.24, 2.45) is 0 Å². The zero-order valence-corrected chi connectivity index (χ0v) is 10.6. The molecule has 0 radical (unpaired) electrons. The average molecular weight is 329 g/mol. The number of halogens is 3. The highest BCUT2D eigenvalue weighted by atomic mass is 79.9. The van der Waals surface area contributed by atoms with Gasteiger partial charge in [-0.15, -0.1) is 0 Å². The lowest BCUT2D eigenvalue weighted by Gasteiger charge is -2.09. The molecule has 2 nitrogen and oxygen atoms in total. The molecule has 0 spiro atoms. The van der Waals surface area contributed by atoms with E-state index in [1.54, 1.807) is 12.1 Å². The summed E-state index contributed by atoms with van der Waals surface area (Å²) in [5.41, 5.74) is 6.25. The predicted octanol–water partition coefficient (Wildman–Crippen LogP) is 3.46. The molecule has 0 aromatic heterocycles. The van der Waals surface area contributed by atoms with Gasteiger partial charge in [0.05, 0.1) is 16.8 Å². The van der Waals surface area contributed by atoms with Crippen molar-refractivity contribution < 1.29 is 4.74 Å². The van der Waals surface area contributed by atoms with Crippen LogP contribution in [0.4, 0.5) is 5.69 Å². The van der Waals surface area contributed by atoms with Crippen LogP contribution in [0.5, 0.6) is 5.75 Å². The Morgan fingerprint density at radius 3 is 2.69 bits per heavy atom. The number of hydrogen-bond acceptors (Lipinski definition) is 2. The molecule has 2 N–H and O–H groups in total. The van der Waals surface area contributed by atoms with Gasteiger partial charge in [-0.1, -0.05) is 27.5 Å². The Balaban J connectivity index is 2.92. The Kier molecular flexibility index (Phi) is 4.35. The van der Waals surface area contributed by atoms with E-state index in [1.165, 1.54) is 0 Å². The van der Waals surface area contributed by atoms with Crippen molar-refractivity contribution in [1.29, 1.82) is 0 Å². The minimum atomic E-state index is 0.542. The van der Waals surface area contributed by atoms with Crippen LogP contribution in [0.25, 0.3) is 0 Å². The van der Waals surface area contributed by atoms with Crippen LogP contribution in [0.3, 0.4) is 0 Å². The summed E-state index contributed by atoms with van der Waals surface area (Å²) in [7, 11) is 0. The number of rotatable bonds is 3. The lowest BCUT2D eigenvalue weighted by Crippen LogP contribution is -2.01. The molecule has 0 unspecified atom stereocenters. The summed E-state index contributed by atoms with van der Waals surface area (Å²) < 4.78 is 6.17. The Labute approximate surface area is 98.7 Å². The van der Waals surface area contributed by atoms with Crippen molar-refractivity contribution in [2.75, 3.05) is 17.7 Å². The number of hydrogen-bond donors (Lipinski definition) is 1. The summed E-state index contributed by atoms with van der Waals surface area (Å²) in [5.74, 6) is 0.642. The van der Waals surface area contributed by atoms with Crippen LogP contribution in [-0.4, -0.2) is 11.9 Å². The molecular formula is C8H8Br2ClNO. The highest BCUT2D eigenvalue weighted by Crippen LogP contribution is 2.34. The molecule has 0 bridgehead atoms. The molecule has 1 rings (SSSR count). The van der Waals surface area contributed by atoms with Gasteiger partial charge in [-0.25, -0.2) is 0 Å². The Bertz CT molecular complexity index is 283. The number of anilines is 1. The topological polar surface area (TPSA) is 35.2 Å². The fourth-order valence-electron chi connectivity index (χ4n) is 0.873. The van der Waals surface area contributed by atoms with E-state index >= 15 is 0 Å². The van der Waals surface area contributed by atoms with Gasteiger partial charge < -0.3 is 10.5 Å². The van der Waals surface area contributed by atoms with Crippen LogP contribution in [0.2, 0.25) is 5.02 Å². The molecule has 72 valence electrons. The second-order valence-corrected chi connectivity index (χ2v) is 4.43. The van der Waals surface area contributed by atoms with E-state index in [2.05, 4.69) is 31.9 Å². The van der Waals surface area contributed by atoms with Crippen molar-refractivity contribution >= 4 is 49.1 Å². The minimum Gasteiger partial charge on any atom is -0.489 e. The van der Waals surface area contributed by atoms with E-state index in [9.17, 15) is 0 Å². The number of alkyl halides is 1. The van der Waals surface area contributed by atoms with Crippen molar-refractivity contribution in [3.05, 3.63) is 21.6 Å². The molecule has 5 heteroatoms. The van der Waals surface area contributed by atoms with Gasteiger partial charge in [0, 0.05) is 10.4 Å². The normalized spacial score (nSPS) is 10.1. The fraction of sp³-hybridized carbons (Fsp3) is 0.250. The second-order valence-electron chi connectivity index (χ2n) is 2.34. The fourth-order valence-corrected chi connectivity index (χ4v) is 1.98. The zero-order valence-electron chi connectivity index (χ0n) is 6.69. The van der Waals surface area contributed by atoms with Crippen molar-refractivity contribution in [3.63, 3.8) is 0 Å². The van der Waals surface area contributed by atoms with Gasteiger partial charge in [0.2, 0.25) is 0 Å². The van der Waals surface area contributed by atoms with Crippen molar-refractivity contribution in [2.45, 2.75) is 0 Å². The maximum absolute atomic E-state index is 5.78. The van der Waals surface area contributed by atoms with Crippen LogP contribution in [0, 0.1) is 0 Å². The number of ether oxygens (including phenoxy) is 1. The third-order valence-electron chi connectivity index (χ3n) is 1.36. The maximum Gasteiger partial charge on any atom is 0.156 e. The molecule has 13 heavy (non-hydrogen) atoms. The third kappa shape index (κ3) is 3.04. The Morgan fingerprint density at radius 2 is 2.15 bits per heavy atom. The summed E-state index contributed by atoms with van der Waals surface area (Å²) >= 11 is 12.4. The molecule has 0 aliphatic rings. The van der Waals surface area contributed by atoms with Gasteiger partial charge >= 0.3 is 0 Å². The van der Waals surface area contributed by atoms with Crippen LogP contribution in [-0.2, 0) is 0 Å².